The molecular weight excluding hydrogens is 330 g/mol. The molecule has 0 unspecified atom stereocenters. The molecule has 0 aliphatic carbocycles. The van der Waals surface area contributed by atoms with Gasteiger partial charge in [-0.3, -0.25) is 0 Å². The Morgan fingerprint density at radius 2 is 2.10 bits per heavy atom. The van der Waals surface area contributed by atoms with Gasteiger partial charge in [0.1, 0.15) is 11.5 Å². The third-order valence-corrected chi connectivity index (χ3v) is 6.13. The highest BCUT2D eigenvalue weighted by Gasteiger charge is 2.23. The van der Waals surface area contributed by atoms with Crippen LogP contribution in [-0.4, -0.2) is 37.7 Å². The largest absolute Gasteiger partial charge is 0.384 e. The number of nitrogens with one attached hydrogen (secondary N) is 1. The van der Waals surface area contributed by atoms with Crippen LogP contribution in [-0.2, 0) is 10.0 Å². The maximum absolute atomic E-state index is 12.4. The molecule has 21 heavy (non-hydrogen) atoms. The van der Waals surface area contributed by atoms with Crippen molar-refractivity contribution in [3.63, 3.8) is 0 Å². The van der Waals surface area contributed by atoms with Crippen molar-refractivity contribution in [3.8, 4) is 11.8 Å². The minimum absolute atomic E-state index is 0.0267. The summed E-state index contributed by atoms with van der Waals surface area (Å²) < 4.78 is 27.4. The molecule has 1 aliphatic rings. The highest BCUT2D eigenvalue weighted by Crippen LogP contribution is 2.24. The van der Waals surface area contributed by atoms with E-state index in [2.05, 4.69) is 16.6 Å². The zero-order chi connectivity index (χ0) is 15.3. The van der Waals surface area contributed by atoms with E-state index in [1.807, 2.05) is 11.8 Å². The molecule has 1 saturated heterocycles. The number of hydrogen-bond donors (Lipinski definition) is 2. The molecule has 0 amide bonds. The second-order valence-corrected chi connectivity index (χ2v) is 7.93. The standard InChI is InChI=1S/C14H16ClNO3S2/c15-13-10-11(2-1-7-17)3-4-14(13)21(18,19)16-12-5-8-20-9-6-12/h3-4,10,12,16-17H,5-9H2. The van der Waals surface area contributed by atoms with Crippen LogP contribution < -0.4 is 4.72 Å². The summed E-state index contributed by atoms with van der Waals surface area (Å²) in [5.41, 5.74) is 0.571. The quantitative estimate of drug-likeness (QED) is 0.821. The van der Waals surface area contributed by atoms with Crippen molar-refractivity contribution in [1.29, 1.82) is 0 Å². The number of aliphatic hydroxyl groups excluding tert-OH is 1. The van der Waals surface area contributed by atoms with Crippen molar-refractivity contribution in [2.75, 3.05) is 18.1 Å². The van der Waals surface area contributed by atoms with Gasteiger partial charge in [0.25, 0.3) is 0 Å². The molecule has 0 atom stereocenters. The third kappa shape index (κ3) is 4.63. The van der Waals surface area contributed by atoms with Gasteiger partial charge in [-0.1, -0.05) is 23.4 Å². The Hall–Kier alpha value is -0.710. The lowest BCUT2D eigenvalue weighted by molar-refractivity contribution is 0.350. The number of aliphatic hydroxyl groups is 1. The summed E-state index contributed by atoms with van der Waals surface area (Å²) in [5, 5.41) is 8.79. The summed E-state index contributed by atoms with van der Waals surface area (Å²) in [5.74, 6) is 7.13. The Balaban J connectivity index is 2.19. The van der Waals surface area contributed by atoms with E-state index >= 15 is 0 Å². The second-order valence-electron chi connectivity index (χ2n) is 4.61. The van der Waals surface area contributed by atoms with Gasteiger partial charge in [0.15, 0.2) is 0 Å². The highest BCUT2D eigenvalue weighted by atomic mass is 35.5. The predicted molar refractivity (Wildman–Crippen MR) is 86.1 cm³/mol. The van der Waals surface area contributed by atoms with Gasteiger partial charge in [-0.25, -0.2) is 13.1 Å². The van der Waals surface area contributed by atoms with Gasteiger partial charge in [-0.05, 0) is 42.5 Å². The minimum Gasteiger partial charge on any atom is -0.384 e. The molecule has 7 heteroatoms. The monoisotopic (exact) mass is 345 g/mol. The number of halogens is 1. The first-order valence-electron chi connectivity index (χ1n) is 6.52. The van der Waals surface area contributed by atoms with E-state index in [-0.39, 0.29) is 22.6 Å². The van der Waals surface area contributed by atoms with E-state index in [0.29, 0.717) is 5.56 Å². The summed E-state index contributed by atoms with van der Waals surface area (Å²) in [4.78, 5) is 0.0666. The lowest BCUT2D eigenvalue weighted by Crippen LogP contribution is -2.37. The van der Waals surface area contributed by atoms with Crippen LogP contribution in [0.1, 0.15) is 18.4 Å². The lowest BCUT2D eigenvalue weighted by Gasteiger charge is -2.22. The fourth-order valence-electron chi connectivity index (χ4n) is 2.04. The molecule has 0 bridgehead atoms. The molecule has 1 fully saturated rings. The van der Waals surface area contributed by atoms with Crippen molar-refractivity contribution < 1.29 is 13.5 Å². The highest BCUT2D eigenvalue weighted by molar-refractivity contribution is 7.99. The van der Waals surface area contributed by atoms with Gasteiger partial charge in [0.2, 0.25) is 10.0 Å². The average molecular weight is 346 g/mol. The molecule has 1 aromatic rings. The van der Waals surface area contributed by atoms with Crippen molar-refractivity contribution in [2.45, 2.75) is 23.8 Å². The Kier molecular flexibility index (Phi) is 5.97. The average Bonchev–Trinajstić information content (AvgIpc) is 2.45. The molecule has 2 rings (SSSR count). The molecule has 114 valence electrons. The molecule has 1 aliphatic heterocycles. The lowest BCUT2D eigenvalue weighted by atomic mass is 10.2. The zero-order valence-corrected chi connectivity index (χ0v) is 13.7. The van der Waals surface area contributed by atoms with Gasteiger partial charge in [0, 0.05) is 11.6 Å². The normalized spacial score (nSPS) is 16.3. The van der Waals surface area contributed by atoms with Crippen LogP contribution in [0.5, 0.6) is 0 Å². The van der Waals surface area contributed by atoms with Gasteiger partial charge in [-0.15, -0.1) is 0 Å². The summed E-state index contributed by atoms with van der Waals surface area (Å²) in [6.45, 7) is -0.251. The van der Waals surface area contributed by atoms with Gasteiger partial charge < -0.3 is 5.11 Å². The Labute approximate surface area is 134 Å². The Morgan fingerprint density at radius 1 is 1.38 bits per heavy atom. The maximum atomic E-state index is 12.4. The first-order chi connectivity index (χ1) is 10.0. The Bertz CT molecular complexity index is 659. The van der Waals surface area contributed by atoms with Crippen LogP contribution in [0.25, 0.3) is 0 Å². The Morgan fingerprint density at radius 3 is 2.71 bits per heavy atom. The van der Waals surface area contributed by atoms with Crippen molar-refractivity contribution in [3.05, 3.63) is 28.8 Å². The van der Waals surface area contributed by atoms with Gasteiger partial charge in [-0.2, -0.15) is 11.8 Å². The predicted octanol–water partition coefficient (Wildman–Crippen LogP) is 1.86. The smallest absolute Gasteiger partial charge is 0.242 e. The zero-order valence-electron chi connectivity index (χ0n) is 11.3. The maximum Gasteiger partial charge on any atom is 0.242 e. The fraction of sp³-hybridized carbons (Fsp3) is 0.429. The molecule has 0 spiro atoms. The summed E-state index contributed by atoms with van der Waals surface area (Å²) >= 11 is 7.89. The van der Waals surface area contributed by atoms with Gasteiger partial charge >= 0.3 is 0 Å². The second kappa shape index (κ2) is 7.52. The molecule has 0 radical (unpaired) electrons. The van der Waals surface area contributed by atoms with E-state index in [1.165, 1.54) is 12.1 Å². The number of sulfonamides is 1. The summed E-state index contributed by atoms with van der Waals surface area (Å²) in [6.07, 6.45) is 1.67. The molecule has 1 aromatic carbocycles. The van der Waals surface area contributed by atoms with E-state index in [9.17, 15) is 8.42 Å². The van der Waals surface area contributed by atoms with E-state index < -0.39 is 10.0 Å². The van der Waals surface area contributed by atoms with Crippen LogP contribution in [0.2, 0.25) is 5.02 Å². The van der Waals surface area contributed by atoms with Crippen LogP contribution in [0.3, 0.4) is 0 Å². The molecule has 2 N–H and O–H groups in total. The van der Waals surface area contributed by atoms with Crippen molar-refractivity contribution in [1.82, 2.24) is 4.72 Å². The third-order valence-electron chi connectivity index (χ3n) is 3.08. The molecule has 1 heterocycles. The first-order valence-corrected chi connectivity index (χ1v) is 9.54. The van der Waals surface area contributed by atoms with Crippen molar-refractivity contribution in [2.24, 2.45) is 0 Å². The van der Waals surface area contributed by atoms with E-state index in [0.717, 1.165) is 24.3 Å². The summed E-state index contributed by atoms with van der Waals surface area (Å²) in [6, 6.07) is 4.50. The van der Waals surface area contributed by atoms with Gasteiger partial charge in [0.05, 0.1) is 5.02 Å². The SMILES string of the molecule is O=S(=O)(NC1CCSCC1)c1ccc(C#CCO)cc1Cl. The fourth-order valence-corrected chi connectivity index (χ4v) is 4.99. The minimum atomic E-state index is -3.62. The molecular formula is C14H16ClNO3S2. The number of benzene rings is 1. The van der Waals surface area contributed by atoms with Crippen LogP contribution in [0.4, 0.5) is 0 Å². The number of rotatable bonds is 3. The molecule has 0 saturated carbocycles. The number of hydrogen-bond acceptors (Lipinski definition) is 4. The number of thioether (sulfide) groups is 1. The first kappa shape index (κ1) is 16.7. The topological polar surface area (TPSA) is 66.4 Å². The van der Waals surface area contributed by atoms with Crippen LogP contribution in [0, 0.1) is 11.8 Å². The van der Waals surface area contributed by atoms with E-state index in [1.54, 1.807) is 6.07 Å². The van der Waals surface area contributed by atoms with Crippen molar-refractivity contribution >= 4 is 33.4 Å². The van der Waals surface area contributed by atoms with E-state index in [4.69, 9.17) is 16.7 Å². The van der Waals surface area contributed by atoms with Crippen LogP contribution >= 0.6 is 23.4 Å². The summed E-state index contributed by atoms with van der Waals surface area (Å²) in [7, 11) is -3.62. The van der Waals surface area contributed by atoms with Crippen LogP contribution in [0.15, 0.2) is 23.1 Å². The molecule has 0 aromatic heterocycles. The molecule has 4 nitrogen and oxygen atoms in total.